The average Bonchev–Trinajstić information content (AvgIpc) is 2.81. The fourth-order valence-corrected chi connectivity index (χ4v) is 3.50. The summed E-state index contributed by atoms with van der Waals surface area (Å²) in [7, 11) is 0. The zero-order chi connectivity index (χ0) is 15.5. The summed E-state index contributed by atoms with van der Waals surface area (Å²) in [6, 6.07) is -0.339. The minimum Gasteiger partial charge on any atom is -0.481 e. The van der Waals surface area contributed by atoms with Gasteiger partial charge in [0.2, 0.25) is 0 Å². The minimum absolute atomic E-state index is 0.163. The van der Waals surface area contributed by atoms with Crippen LogP contribution in [0.5, 0.6) is 0 Å². The Bertz CT molecular complexity index is 402. The number of nitrogens with zero attached hydrogens (tertiary/aromatic N) is 1. The molecule has 0 spiro atoms. The first-order chi connectivity index (χ1) is 9.95. The van der Waals surface area contributed by atoms with Crippen molar-refractivity contribution in [1.29, 1.82) is 0 Å². The van der Waals surface area contributed by atoms with Crippen molar-refractivity contribution in [1.82, 2.24) is 15.5 Å². The molecule has 1 aliphatic heterocycles. The minimum atomic E-state index is -0.834. The summed E-state index contributed by atoms with van der Waals surface area (Å²) in [5.74, 6) is -0.819. The molecule has 2 fully saturated rings. The number of carbonyl (C=O) groups excluding carboxylic acids is 1. The summed E-state index contributed by atoms with van der Waals surface area (Å²) in [5, 5.41) is 15.2. The normalized spacial score (nSPS) is 33.6. The maximum Gasteiger partial charge on any atom is 0.315 e. The molecule has 3 atom stereocenters. The number of rotatable bonds is 4. The third-order valence-electron chi connectivity index (χ3n) is 5.04. The highest BCUT2D eigenvalue weighted by Crippen LogP contribution is 2.38. The van der Waals surface area contributed by atoms with E-state index in [1.807, 2.05) is 0 Å². The van der Waals surface area contributed by atoms with Gasteiger partial charge in [-0.1, -0.05) is 13.3 Å². The number of carboxylic acid groups (broad SMARTS) is 1. The molecule has 21 heavy (non-hydrogen) atoms. The van der Waals surface area contributed by atoms with Crippen molar-refractivity contribution in [2.24, 2.45) is 5.41 Å². The van der Waals surface area contributed by atoms with E-state index in [2.05, 4.69) is 22.5 Å². The van der Waals surface area contributed by atoms with Crippen LogP contribution in [0.15, 0.2) is 0 Å². The van der Waals surface area contributed by atoms with Crippen LogP contribution in [0.4, 0.5) is 4.79 Å². The highest BCUT2D eigenvalue weighted by molar-refractivity contribution is 5.79. The molecule has 6 heteroatoms. The standard InChI is InChI=1S/C15H27N3O3/c1-3-18-9-5-6-11(10-18)16-14(21)17-12-7-4-8-15(12,2)13(19)20/h11-12H,3-10H2,1-2H3,(H,19,20)(H2,16,17,21). The lowest BCUT2D eigenvalue weighted by Crippen LogP contribution is -2.55. The lowest BCUT2D eigenvalue weighted by Gasteiger charge is -2.33. The first-order valence-corrected chi connectivity index (χ1v) is 7.98. The van der Waals surface area contributed by atoms with Crippen molar-refractivity contribution < 1.29 is 14.7 Å². The van der Waals surface area contributed by atoms with Gasteiger partial charge in [-0.15, -0.1) is 0 Å². The van der Waals surface area contributed by atoms with E-state index >= 15 is 0 Å². The van der Waals surface area contributed by atoms with Crippen LogP contribution in [0.1, 0.15) is 46.0 Å². The second-order valence-electron chi connectivity index (χ2n) is 6.52. The van der Waals surface area contributed by atoms with Crippen molar-refractivity contribution in [3.8, 4) is 0 Å². The molecule has 1 saturated heterocycles. The summed E-state index contributed by atoms with van der Waals surface area (Å²) in [6.07, 6.45) is 4.29. The molecule has 1 aliphatic carbocycles. The maximum absolute atomic E-state index is 12.1. The number of urea groups is 1. The van der Waals surface area contributed by atoms with Gasteiger partial charge in [-0.2, -0.15) is 0 Å². The number of likely N-dealkylation sites (N-methyl/N-ethyl adjacent to an activating group) is 1. The number of hydrogen-bond donors (Lipinski definition) is 3. The number of hydrogen-bond acceptors (Lipinski definition) is 3. The number of likely N-dealkylation sites (tertiary alicyclic amines) is 1. The Hall–Kier alpha value is -1.30. The molecule has 0 bridgehead atoms. The molecule has 0 aromatic carbocycles. The predicted octanol–water partition coefficient (Wildman–Crippen LogP) is 1.41. The smallest absolute Gasteiger partial charge is 0.315 e. The van der Waals surface area contributed by atoms with E-state index in [4.69, 9.17) is 0 Å². The molecular weight excluding hydrogens is 270 g/mol. The summed E-state index contributed by atoms with van der Waals surface area (Å²) in [5.41, 5.74) is -0.834. The van der Waals surface area contributed by atoms with Crippen molar-refractivity contribution in [2.45, 2.75) is 58.0 Å². The van der Waals surface area contributed by atoms with E-state index in [0.29, 0.717) is 6.42 Å². The molecule has 120 valence electrons. The molecule has 0 radical (unpaired) electrons. The molecule has 1 saturated carbocycles. The van der Waals surface area contributed by atoms with Gasteiger partial charge in [-0.3, -0.25) is 4.79 Å². The second kappa shape index (κ2) is 6.64. The monoisotopic (exact) mass is 297 g/mol. The van der Waals surface area contributed by atoms with Crippen LogP contribution in [0.3, 0.4) is 0 Å². The summed E-state index contributed by atoms with van der Waals surface area (Å²) < 4.78 is 0. The Balaban J connectivity index is 1.85. The molecule has 1 heterocycles. The first-order valence-electron chi connectivity index (χ1n) is 7.98. The maximum atomic E-state index is 12.1. The van der Waals surface area contributed by atoms with Gasteiger partial charge < -0.3 is 20.6 Å². The van der Waals surface area contributed by atoms with E-state index in [1.54, 1.807) is 6.92 Å². The third kappa shape index (κ3) is 3.67. The molecule has 2 aliphatic rings. The Morgan fingerprint density at radius 2 is 2.05 bits per heavy atom. The topological polar surface area (TPSA) is 81.7 Å². The van der Waals surface area contributed by atoms with Crippen LogP contribution in [-0.4, -0.2) is 53.7 Å². The summed E-state index contributed by atoms with van der Waals surface area (Å²) in [4.78, 5) is 25.9. The van der Waals surface area contributed by atoms with E-state index in [-0.39, 0.29) is 18.1 Å². The van der Waals surface area contributed by atoms with Gasteiger partial charge in [-0.25, -0.2) is 4.79 Å². The number of piperidine rings is 1. The first kappa shape index (κ1) is 16.1. The molecule has 2 amide bonds. The molecule has 2 rings (SSSR count). The quantitative estimate of drug-likeness (QED) is 0.733. The van der Waals surface area contributed by atoms with Gasteiger partial charge in [-0.05, 0) is 45.7 Å². The number of aliphatic carboxylic acids is 1. The Kier molecular flexibility index (Phi) is 5.08. The largest absolute Gasteiger partial charge is 0.481 e. The lowest BCUT2D eigenvalue weighted by molar-refractivity contribution is -0.148. The van der Waals surface area contributed by atoms with Crippen molar-refractivity contribution >= 4 is 12.0 Å². The molecule has 6 nitrogen and oxygen atoms in total. The van der Waals surface area contributed by atoms with Crippen LogP contribution in [0.25, 0.3) is 0 Å². The SMILES string of the molecule is CCN1CCCC(NC(=O)NC2CCCC2(C)C(=O)O)C1. The molecular formula is C15H27N3O3. The molecule has 0 aromatic rings. The Labute approximate surface area is 126 Å². The lowest BCUT2D eigenvalue weighted by atomic mass is 9.85. The number of carboxylic acids is 1. The van der Waals surface area contributed by atoms with Crippen molar-refractivity contribution in [3.63, 3.8) is 0 Å². The van der Waals surface area contributed by atoms with Gasteiger partial charge >= 0.3 is 12.0 Å². The van der Waals surface area contributed by atoms with Crippen molar-refractivity contribution in [2.75, 3.05) is 19.6 Å². The third-order valence-corrected chi connectivity index (χ3v) is 5.04. The number of carbonyl (C=O) groups is 2. The Morgan fingerprint density at radius 3 is 2.71 bits per heavy atom. The molecule has 3 N–H and O–H groups in total. The molecule has 0 aromatic heterocycles. The van der Waals surface area contributed by atoms with Crippen molar-refractivity contribution in [3.05, 3.63) is 0 Å². The average molecular weight is 297 g/mol. The van der Waals surface area contributed by atoms with Gasteiger partial charge in [0.1, 0.15) is 0 Å². The Morgan fingerprint density at radius 1 is 1.29 bits per heavy atom. The highest BCUT2D eigenvalue weighted by Gasteiger charge is 2.46. The number of amides is 2. The second-order valence-corrected chi connectivity index (χ2v) is 6.52. The molecule has 3 unspecified atom stereocenters. The van der Waals surface area contributed by atoms with Crippen LogP contribution in [0.2, 0.25) is 0 Å². The van der Waals surface area contributed by atoms with Gasteiger partial charge in [0, 0.05) is 18.6 Å². The fraction of sp³-hybridized carbons (Fsp3) is 0.867. The number of nitrogens with one attached hydrogen (secondary N) is 2. The van der Waals surface area contributed by atoms with Crippen LogP contribution < -0.4 is 10.6 Å². The van der Waals surface area contributed by atoms with Gasteiger partial charge in [0.05, 0.1) is 5.41 Å². The van der Waals surface area contributed by atoms with E-state index in [9.17, 15) is 14.7 Å². The van der Waals surface area contributed by atoms with E-state index in [1.165, 1.54) is 0 Å². The summed E-state index contributed by atoms with van der Waals surface area (Å²) in [6.45, 7) is 6.83. The highest BCUT2D eigenvalue weighted by atomic mass is 16.4. The van der Waals surface area contributed by atoms with E-state index in [0.717, 1.165) is 45.3 Å². The van der Waals surface area contributed by atoms with Crippen LogP contribution in [-0.2, 0) is 4.79 Å². The van der Waals surface area contributed by atoms with Gasteiger partial charge in [0.25, 0.3) is 0 Å². The summed E-state index contributed by atoms with van der Waals surface area (Å²) >= 11 is 0. The zero-order valence-electron chi connectivity index (χ0n) is 13.0. The van der Waals surface area contributed by atoms with E-state index < -0.39 is 11.4 Å². The van der Waals surface area contributed by atoms with Crippen LogP contribution >= 0.6 is 0 Å². The fourth-order valence-electron chi connectivity index (χ4n) is 3.50. The van der Waals surface area contributed by atoms with Gasteiger partial charge in [0.15, 0.2) is 0 Å². The predicted molar refractivity (Wildman–Crippen MR) is 80.2 cm³/mol. The zero-order valence-corrected chi connectivity index (χ0v) is 13.0. The van der Waals surface area contributed by atoms with Crippen LogP contribution in [0, 0.1) is 5.41 Å².